The molecule has 0 heterocycles. The summed E-state index contributed by atoms with van der Waals surface area (Å²) >= 11 is 0. The first-order valence-electron chi connectivity index (χ1n) is 5.82. The predicted octanol–water partition coefficient (Wildman–Crippen LogP) is 1.43. The molecule has 0 unspecified atom stereocenters. The molecule has 0 spiro atoms. The highest BCUT2D eigenvalue weighted by Gasteiger charge is 2.11. The Morgan fingerprint density at radius 2 is 1.94 bits per heavy atom. The van der Waals surface area contributed by atoms with E-state index < -0.39 is 0 Å². The Hall–Kier alpha value is -1.55. The first-order valence-corrected chi connectivity index (χ1v) is 5.82. The number of likely N-dealkylation sites (N-methyl/N-ethyl adjacent to an activating group) is 1. The normalized spacial score (nSPS) is 10.1. The number of benzene rings is 1. The molecule has 0 atom stereocenters. The minimum absolute atomic E-state index is 0.0126. The zero-order chi connectivity index (χ0) is 12.7. The Kier molecular flexibility index (Phi) is 5.49. The van der Waals surface area contributed by atoms with E-state index in [-0.39, 0.29) is 19.1 Å². The lowest BCUT2D eigenvalue weighted by atomic mass is 10.2. The summed E-state index contributed by atoms with van der Waals surface area (Å²) in [6.45, 7) is 5.15. The fourth-order valence-electron chi connectivity index (χ4n) is 1.58. The Bertz CT molecular complexity index is 361. The zero-order valence-electron chi connectivity index (χ0n) is 10.3. The molecule has 0 saturated heterocycles. The Balaban J connectivity index is 2.58. The van der Waals surface area contributed by atoms with Gasteiger partial charge in [-0.2, -0.15) is 0 Å². The third kappa shape index (κ3) is 3.75. The third-order valence-corrected chi connectivity index (χ3v) is 2.61. The van der Waals surface area contributed by atoms with E-state index in [1.165, 1.54) is 0 Å². The van der Waals surface area contributed by atoms with Gasteiger partial charge in [-0.15, -0.1) is 0 Å². The van der Waals surface area contributed by atoms with Crippen molar-refractivity contribution in [3.05, 3.63) is 29.8 Å². The van der Waals surface area contributed by atoms with Gasteiger partial charge >= 0.3 is 0 Å². The van der Waals surface area contributed by atoms with Crippen LogP contribution in [0.5, 0.6) is 5.75 Å². The van der Waals surface area contributed by atoms with Crippen molar-refractivity contribution in [3.8, 4) is 5.75 Å². The predicted molar refractivity (Wildman–Crippen MR) is 65.8 cm³/mol. The van der Waals surface area contributed by atoms with E-state index in [2.05, 4.69) is 0 Å². The van der Waals surface area contributed by atoms with Crippen molar-refractivity contribution in [1.29, 1.82) is 0 Å². The van der Waals surface area contributed by atoms with Gasteiger partial charge in [0, 0.05) is 18.7 Å². The lowest BCUT2D eigenvalue weighted by Crippen LogP contribution is -2.34. The highest BCUT2D eigenvalue weighted by Crippen LogP contribution is 2.17. The number of carbonyl (C=O) groups is 1. The van der Waals surface area contributed by atoms with Crippen molar-refractivity contribution >= 4 is 5.91 Å². The van der Waals surface area contributed by atoms with Crippen molar-refractivity contribution in [1.82, 2.24) is 4.90 Å². The molecule has 0 bridgehead atoms. The molecule has 0 fully saturated rings. The van der Waals surface area contributed by atoms with Crippen molar-refractivity contribution in [2.75, 3.05) is 19.7 Å². The molecule has 1 N–H and O–H groups in total. The van der Waals surface area contributed by atoms with E-state index >= 15 is 0 Å². The quantitative estimate of drug-likeness (QED) is 0.814. The second-order valence-corrected chi connectivity index (χ2v) is 3.62. The molecule has 0 saturated carbocycles. The van der Waals surface area contributed by atoms with Crippen molar-refractivity contribution in [2.24, 2.45) is 0 Å². The number of carbonyl (C=O) groups excluding carboxylic acids is 1. The summed E-state index contributed by atoms with van der Waals surface area (Å²) in [5.41, 5.74) is 0.694. The molecule has 1 aromatic rings. The van der Waals surface area contributed by atoms with Gasteiger partial charge in [-0.25, -0.2) is 0 Å². The number of hydrogen-bond acceptors (Lipinski definition) is 3. The number of amides is 1. The lowest BCUT2D eigenvalue weighted by Gasteiger charge is -2.19. The van der Waals surface area contributed by atoms with E-state index in [0.29, 0.717) is 24.4 Å². The monoisotopic (exact) mass is 237 g/mol. The van der Waals surface area contributed by atoms with Gasteiger partial charge in [-0.05, 0) is 19.9 Å². The topological polar surface area (TPSA) is 49.8 Å². The molecule has 0 radical (unpaired) electrons. The average Bonchev–Trinajstić information content (AvgIpc) is 2.38. The minimum atomic E-state index is -0.0877. The van der Waals surface area contributed by atoms with Gasteiger partial charge in [0.25, 0.3) is 5.91 Å². The van der Waals surface area contributed by atoms with E-state index in [0.717, 1.165) is 0 Å². The van der Waals surface area contributed by atoms with Gasteiger partial charge in [0.1, 0.15) is 5.75 Å². The van der Waals surface area contributed by atoms with Crippen LogP contribution in [-0.4, -0.2) is 35.6 Å². The molecule has 4 nitrogen and oxygen atoms in total. The third-order valence-electron chi connectivity index (χ3n) is 2.61. The maximum atomic E-state index is 11.7. The van der Waals surface area contributed by atoms with E-state index in [1.807, 2.05) is 26.0 Å². The summed E-state index contributed by atoms with van der Waals surface area (Å²) in [6, 6.07) is 7.17. The molecule has 0 aliphatic rings. The van der Waals surface area contributed by atoms with Crippen LogP contribution >= 0.6 is 0 Å². The summed E-state index contributed by atoms with van der Waals surface area (Å²) in [7, 11) is 0. The fraction of sp³-hybridized carbons (Fsp3) is 0.462. The lowest BCUT2D eigenvalue weighted by molar-refractivity contribution is -0.133. The SMILES string of the molecule is CCN(CC)C(=O)COc1ccccc1CO. The van der Waals surface area contributed by atoms with Crippen LogP contribution in [-0.2, 0) is 11.4 Å². The summed E-state index contributed by atoms with van der Waals surface area (Å²) in [6.07, 6.45) is 0. The second-order valence-electron chi connectivity index (χ2n) is 3.62. The van der Waals surface area contributed by atoms with Crippen LogP contribution in [0.2, 0.25) is 0 Å². The highest BCUT2D eigenvalue weighted by molar-refractivity contribution is 5.77. The maximum absolute atomic E-state index is 11.7. The second kappa shape index (κ2) is 6.91. The first-order chi connectivity index (χ1) is 8.22. The van der Waals surface area contributed by atoms with Gasteiger partial charge in [0.05, 0.1) is 6.61 Å². The number of aliphatic hydroxyl groups is 1. The van der Waals surface area contributed by atoms with E-state index in [1.54, 1.807) is 17.0 Å². The van der Waals surface area contributed by atoms with Crippen LogP contribution in [0, 0.1) is 0 Å². The van der Waals surface area contributed by atoms with Crippen molar-refractivity contribution in [2.45, 2.75) is 20.5 Å². The van der Waals surface area contributed by atoms with Crippen molar-refractivity contribution in [3.63, 3.8) is 0 Å². The molecular weight excluding hydrogens is 218 g/mol. The summed E-state index contributed by atoms with van der Waals surface area (Å²) in [4.78, 5) is 13.4. The first kappa shape index (κ1) is 13.5. The molecule has 4 heteroatoms. The Morgan fingerprint density at radius 1 is 1.29 bits per heavy atom. The molecule has 94 valence electrons. The van der Waals surface area contributed by atoms with E-state index in [9.17, 15) is 4.79 Å². The standard InChI is InChI=1S/C13H19NO3/c1-3-14(4-2)13(16)10-17-12-8-6-5-7-11(12)9-15/h5-8,15H,3-4,9-10H2,1-2H3. The molecule has 0 aromatic heterocycles. The largest absolute Gasteiger partial charge is 0.483 e. The summed E-state index contributed by atoms with van der Waals surface area (Å²) in [5, 5.41) is 9.11. The smallest absolute Gasteiger partial charge is 0.260 e. The minimum Gasteiger partial charge on any atom is -0.483 e. The molecule has 17 heavy (non-hydrogen) atoms. The number of rotatable bonds is 6. The van der Waals surface area contributed by atoms with Gasteiger partial charge in [0.15, 0.2) is 6.61 Å². The fourth-order valence-corrected chi connectivity index (χ4v) is 1.58. The van der Waals surface area contributed by atoms with Gasteiger partial charge < -0.3 is 14.7 Å². The number of para-hydroxylation sites is 1. The van der Waals surface area contributed by atoms with Gasteiger partial charge in [-0.3, -0.25) is 4.79 Å². The Morgan fingerprint density at radius 3 is 2.53 bits per heavy atom. The summed E-state index contributed by atoms with van der Waals surface area (Å²) < 4.78 is 5.42. The van der Waals surface area contributed by atoms with Gasteiger partial charge in [-0.1, -0.05) is 18.2 Å². The van der Waals surface area contributed by atoms with Crippen LogP contribution in [0.4, 0.5) is 0 Å². The zero-order valence-corrected chi connectivity index (χ0v) is 10.3. The average molecular weight is 237 g/mol. The Labute approximate surface area is 102 Å². The molecule has 0 aliphatic heterocycles. The highest BCUT2D eigenvalue weighted by atomic mass is 16.5. The molecular formula is C13H19NO3. The van der Waals surface area contributed by atoms with Crippen LogP contribution in [0.15, 0.2) is 24.3 Å². The van der Waals surface area contributed by atoms with Crippen molar-refractivity contribution < 1.29 is 14.6 Å². The maximum Gasteiger partial charge on any atom is 0.260 e. The van der Waals surface area contributed by atoms with Crippen LogP contribution in [0.3, 0.4) is 0 Å². The number of nitrogens with zero attached hydrogens (tertiary/aromatic N) is 1. The number of aliphatic hydroxyl groups excluding tert-OH is 1. The summed E-state index contributed by atoms with van der Waals surface area (Å²) in [5.74, 6) is 0.526. The molecule has 1 aromatic carbocycles. The molecule has 1 rings (SSSR count). The van der Waals surface area contributed by atoms with Gasteiger partial charge in [0.2, 0.25) is 0 Å². The van der Waals surface area contributed by atoms with Crippen LogP contribution in [0.1, 0.15) is 19.4 Å². The number of ether oxygens (including phenoxy) is 1. The molecule has 0 aliphatic carbocycles. The molecule has 1 amide bonds. The van der Waals surface area contributed by atoms with Crippen LogP contribution in [0.25, 0.3) is 0 Å². The number of hydrogen-bond donors (Lipinski definition) is 1. The van der Waals surface area contributed by atoms with Crippen LogP contribution < -0.4 is 4.74 Å². The van der Waals surface area contributed by atoms with E-state index in [4.69, 9.17) is 9.84 Å².